The molecule has 8 nitrogen and oxygen atoms in total. The zero-order chi connectivity index (χ0) is 21.6. The topological polar surface area (TPSA) is 94.3 Å². The Morgan fingerprint density at radius 2 is 1.90 bits per heavy atom. The SMILES string of the molecule is NC(=O)C1CCN(C(=O)CN2CCC3(CC2)Nc2cc(Cl)ccc2C2=NCCN23)CC1. The molecule has 1 aromatic carbocycles. The minimum atomic E-state index is -0.249. The molecule has 0 bridgehead atoms. The Labute approximate surface area is 187 Å². The lowest BCUT2D eigenvalue weighted by molar-refractivity contribution is -0.136. The number of nitrogens with two attached hydrogens (primary N) is 1. The molecule has 2 saturated heterocycles. The average molecular weight is 445 g/mol. The van der Waals surface area contributed by atoms with Gasteiger partial charge < -0.3 is 20.9 Å². The summed E-state index contributed by atoms with van der Waals surface area (Å²) in [6.07, 6.45) is 3.17. The number of hydrogen-bond donors (Lipinski definition) is 2. The smallest absolute Gasteiger partial charge is 0.236 e. The molecule has 0 radical (unpaired) electrons. The normalized spacial score (nSPS) is 23.2. The molecule has 4 heterocycles. The Balaban J connectivity index is 1.22. The van der Waals surface area contributed by atoms with Crippen LogP contribution in [0.5, 0.6) is 0 Å². The number of piperidine rings is 2. The fourth-order valence-electron chi connectivity index (χ4n) is 5.41. The number of likely N-dealkylation sites (tertiary alicyclic amines) is 2. The Morgan fingerprint density at radius 3 is 2.61 bits per heavy atom. The van der Waals surface area contributed by atoms with E-state index in [-0.39, 0.29) is 23.4 Å². The standard InChI is InChI=1S/C22H29ClN6O2/c23-16-1-2-17-18(13-16)26-22(29-12-7-25-21(17)29)5-10-27(11-6-22)14-19(30)28-8-3-15(4-9-28)20(24)31/h1-2,13,15,26H,3-12,14H2,(H2,24,31). The Morgan fingerprint density at radius 1 is 1.16 bits per heavy atom. The molecule has 9 heteroatoms. The molecule has 5 rings (SSSR count). The van der Waals surface area contributed by atoms with Crippen molar-refractivity contribution in [3.05, 3.63) is 28.8 Å². The van der Waals surface area contributed by atoms with Crippen LogP contribution in [0.4, 0.5) is 5.69 Å². The van der Waals surface area contributed by atoms with Gasteiger partial charge in [0.2, 0.25) is 11.8 Å². The first-order valence-electron chi connectivity index (χ1n) is 11.1. The number of carbonyl (C=O) groups excluding carboxylic acids is 2. The highest BCUT2D eigenvalue weighted by Gasteiger charge is 2.46. The van der Waals surface area contributed by atoms with Gasteiger partial charge in [-0.3, -0.25) is 19.5 Å². The van der Waals surface area contributed by atoms with Gasteiger partial charge in [0.05, 0.1) is 13.1 Å². The minimum Gasteiger partial charge on any atom is -0.369 e. The predicted molar refractivity (Wildman–Crippen MR) is 120 cm³/mol. The summed E-state index contributed by atoms with van der Waals surface area (Å²) in [5, 5.41) is 4.49. The average Bonchev–Trinajstić information content (AvgIpc) is 3.26. The van der Waals surface area contributed by atoms with Gasteiger partial charge in [0.25, 0.3) is 0 Å². The molecule has 0 saturated carbocycles. The van der Waals surface area contributed by atoms with Crippen molar-refractivity contribution in [3.8, 4) is 0 Å². The maximum Gasteiger partial charge on any atom is 0.236 e. The molecular weight excluding hydrogens is 416 g/mol. The van der Waals surface area contributed by atoms with E-state index in [0.29, 0.717) is 32.5 Å². The minimum absolute atomic E-state index is 0.0935. The molecule has 31 heavy (non-hydrogen) atoms. The molecule has 2 fully saturated rings. The maximum atomic E-state index is 12.8. The number of halogens is 1. The van der Waals surface area contributed by atoms with E-state index >= 15 is 0 Å². The first-order valence-corrected chi connectivity index (χ1v) is 11.5. The predicted octanol–water partition coefficient (Wildman–Crippen LogP) is 1.34. The van der Waals surface area contributed by atoms with E-state index in [9.17, 15) is 9.59 Å². The van der Waals surface area contributed by atoms with Crippen LogP contribution in [0, 0.1) is 5.92 Å². The van der Waals surface area contributed by atoms with E-state index in [1.165, 1.54) is 0 Å². The number of nitrogens with zero attached hydrogens (tertiary/aromatic N) is 4. The summed E-state index contributed by atoms with van der Waals surface area (Å²) in [4.78, 5) is 35.5. The number of nitrogens with one attached hydrogen (secondary N) is 1. The zero-order valence-corrected chi connectivity index (χ0v) is 18.4. The van der Waals surface area contributed by atoms with Crippen LogP contribution < -0.4 is 11.1 Å². The lowest BCUT2D eigenvalue weighted by Gasteiger charge is -2.52. The second-order valence-electron chi connectivity index (χ2n) is 9.04. The van der Waals surface area contributed by atoms with Crippen LogP contribution in [0.15, 0.2) is 23.2 Å². The molecule has 0 unspecified atom stereocenters. The van der Waals surface area contributed by atoms with Gasteiger partial charge in [-0.25, -0.2) is 0 Å². The van der Waals surface area contributed by atoms with Crippen molar-refractivity contribution in [1.82, 2.24) is 14.7 Å². The van der Waals surface area contributed by atoms with Gasteiger partial charge in [0.1, 0.15) is 11.5 Å². The monoisotopic (exact) mass is 444 g/mol. The van der Waals surface area contributed by atoms with Gasteiger partial charge in [0.15, 0.2) is 0 Å². The van der Waals surface area contributed by atoms with Gasteiger partial charge in [0, 0.05) is 67.8 Å². The van der Waals surface area contributed by atoms with E-state index in [2.05, 4.69) is 15.1 Å². The van der Waals surface area contributed by atoms with Crippen molar-refractivity contribution >= 4 is 34.9 Å². The van der Waals surface area contributed by atoms with Crippen LogP contribution in [-0.4, -0.2) is 83.8 Å². The molecule has 0 atom stereocenters. The van der Waals surface area contributed by atoms with Crippen molar-refractivity contribution < 1.29 is 9.59 Å². The summed E-state index contributed by atoms with van der Waals surface area (Å²) < 4.78 is 0. The Bertz CT molecular complexity index is 919. The van der Waals surface area contributed by atoms with Crippen molar-refractivity contribution in [3.63, 3.8) is 0 Å². The number of amides is 2. The van der Waals surface area contributed by atoms with Gasteiger partial charge in [-0.05, 0) is 31.0 Å². The molecule has 3 N–H and O–H groups in total. The third-order valence-electron chi connectivity index (χ3n) is 7.24. The highest BCUT2D eigenvalue weighted by Crippen LogP contribution is 2.40. The highest BCUT2D eigenvalue weighted by molar-refractivity contribution is 6.31. The second kappa shape index (κ2) is 7.98. The molecule has 4 aliphatic rings. The van der Waals surface area contributed by atoms with Crippen LogP contribution >= 0.6 is 11.6 Å². The Hall–Kier alpha value is -2.32. The fraction of sp³-hybridized carbons (Fsp3) is 0.591. The number of carbonyl (C=O) groups is 2. The number of benzene rings is 1. The molecule has 166 valence electrons. The van der Waals surface area contributed by atoms with E-state index in [0.717, 1.165) is 61.1 Å². The largest absolute Gasteiger partial charge is 0.369 e. The highest BCUT2D eigenvalue weighted by atomic mass is 35.5. The number of amidine groups is 1. The number of anilines is 1. The summed E-state index contributed by atoms with van der Waals surface area (Å²) in [5.74, 6) is 0.869. The fourth-order valence-corrected chi connectivity index (χ4v) is 5.58. The Kier molecular flexibility index (Phi) is 5.30. The van der Waals surface area contributed by atoms with Crippen molar-refractivity contribution in [2.45, 2.75) is 31.3 Å². The van der Waals surface area contributed by atoms with E-state index in [1.807, 2.05) is 23.1 Å². The van der Waals surface area contributed by atoms with Crippen LogP contribution in [-0.2, 0) is 9.59 Å². The second-order valence-corrected chi connectivity index (χ2v) is 9.47. The summed E-state index contributed by atoms with van der Waals surface area (Å²) in [6, 6.07) is 5.95. The number of primary amides is 1. The number of fused-ring (bicyclic) bond motifs is 4. The summed E-state index contributed by atoms with van der Waals surface area (Å²) in [5.41, 5.74) is 7.39. The van der Waals surface area contributed by atoms with E-state index in [4.69, 9.17) is 22.3 Å². The number of hydrogen-bond acceptors (Lipinski definition) is 6. The van der Waals surface area contributed by atoms with Crippen LogP contribution in [0.25, 0.3) is 0 Å². The summed E-state index contributed by atoms with van der Waals surface area (Å²) in [7, 11) is 0. The third kappa shape index (κ3) is 3.76. The maximum absolute atomic E-state index is 12.8. The number of aliphatic imine (C=N–C) groups is 1. The van der Waals surface area contributed by atoms with Gasteiger partial charge in [-0.15, -0.1) is 0 Å². The third-order valence-corrected chi connectivity index (χ3v) is 7.47. The lowest BCUT2D eigenvalue weighted by Crippen LogP contribution is -2.63. The van der Waals surface area contributed by atoms with Gasteiger partial charge in [-0.2, -0.15) is 0 Å². The quantitative estimate of drug-likeness (QED) is 0.733. The van der Waals surface area contributed by atoms with Gasteiger partial charge >= 0.3 is 0 Å². The van der Waals surface area contributed by atoms with Crippen molar-refractivity contribution in [2.75, 3.05) is 51.1 Å². The molecule has 2 amide bonds. The molecule has 4 aliphatic heterocycles. The first kappa shape index (κ1) is 20.6. The van der Waals surface area contributed by atoms with E-state index < -0.39 is 0 Å². The van der Waals surface area contributed by atoms with Crippen LogP contribution in [0.3, 0.4) is 0 Å². The molecule has 0 aromatic heterocycles. The van der Waals surface area contributed by atoms with Crippen LogP contribution in [0.1, 0.15) is 31.2 Å². The summed E-state index contributed by atoms with van der Waals surface area (Å²) >= 11 is 6.26. The summed E-state index contributed by atoms with van der Waals surface area (Å²) in [6.45, 7) is 5.09. The lowest BCUT2D eigenvalue weighted by atomic mass is 9.90. The first-order chi connectivity index (χ1) is 14.9. The molecular formula is C22H29ClN6O2. The van der Waals surface area contributed by atoms with Gasteiger partial charge in [-0.1, -0.05) is 11.6 Å². The zero-order valence-electron chi connectivity index (χ0n) is 17.6. The molecule has 0 aliphatic carbocycles. The molecule has 1 aromatic rings. The van der Waals surface area contributed by atoms with E-state index in [1.54, 1.807) is 0 Å². The van der Waals surface area contributed by atoms with Crippen molar-refractivity contribution in [1.29, 1.82) is 0 Å². The van der Waals surface area contributed by atoms with Crippen molar-refractivity contribution in [2.24, 2.45) is 16.6 Å². The number of rotatable bonds is 3. The molecule has 1 spiro atoms. The van der Waals surface area contributed by atoms with Crippen LogP contribution in [0.2, 0.25) is 5.02 Å².